The van der Waals surface area contributed by atoms with Crippen molar-refractivity contribution in [3.8, 4) is 5.75 Å². The molecule has 2 aromatic carbocycles. The quantitative estimate of drug-likeness (QED) is 0.504. The third-order valence-electron chi connectivity index (χ3n) is 5.50. The number of benzene rings is 2. The van der Waals surface area contributed by atoms with Gasteiger partial charge in [-0.2, -0.15) is 0 Å². The summed E-state index contributed by atoms with van der Waals surface area (Å²) in [5.41, 5.74) is 4.54. The van der Waals surface area contributed by atoms with Crippen LogP contribution in [0.25, 0.3) is 6.08 Å². The number of esters is 1. The molecule has 3 rings (SSSR count). The van der Waals surface area contributed by atoms with E-state index in [-0.39, 0.29) is 12.5 Å². The van der Waals surface area contributed by atoms with Gasteiger partial charge in [-0.05, 0) is 50.1 Å². The molecule has 1 aliphatic rings. The van der Waals surface area contributed by atoms with Gasteiger partial charge < -0.3 is 19.3 Å². The first-order chi connectivity index (χ1) is 15.0. The average molecular weight is 423 g/mol. The molecule has 0 N–H and O–H groups in total. The third kappa shape index (κ3) is 5.87. The second-order valence-electron chi connectivity index (χ2n) is 7.50. The number of para-hydroxylation sites is 1. The van der Waals surface area contributed by atoms with Crippen molar-refractivity contribution in [2.75, 3.05) is 44.3 Å². The summed E-state index contributed by atoms with van der Waals surface area (Å²) in [4.78, 5) is 28.6. The van der Waals surface area contributed by atoms with Crippen LogP contribution >= 0.6 is 0 Å². The molecule has 1 fully saturated rings. The van der Waals surface area contributed by atoms with Gasteiger partial charge in [0.2, 0.25) is 0 Å². The molecule has 1 amide bonds. The molecule has 2 aromatic rings. The lowest BCUT2D eigenvalue weighted by molar-refractivity contribution is -0.148. The maximum absolute atomic E-state index is 12.5. The summed E-state index contributed by atoms with van der Waals surface area (Å²) in [7, 11) is 0. The van der Waals surface area contributed by atoms with Gasteiger partial charge in [-0.1, -0.05) is 30.3 Å². The van der Waals surface area contributed by atoms with Crippen LogP contribution in [0.4, 0.5) is 5.69 Å². The molecule has 164 valence electrons. The Morgan fingerprint density at radius 2 is 1.74 bits per heavy atom. The minimum absolute atomic E-state index is 0.169. The van der Waals surface area contributed by atoms with Gasteiger partial charge in [-0.3, -0.25) is 4.79 Å². The predicted octanol–water partition coefficient (Wildman–Crippen LogP) is 3.61. The summed E-state index contributed by atoms with van der Waals surface area (Å²) in [6.07, 6.45) is 2.96. The Morgan fingerprint density at radius 1 is 1.00 bits per heavy atom. The molecule has 6 heteroatoms. The van der Waals surface area contributed by atoms with Crippen molar-refractivity contribution in [1.82, 2.24) is 4.90 Å². The summed E-state index contributed by atoms with van der Waals surface area (Å²) >= 11 is 0. The van der Waals surface area contributed by atoms with E-state index >= 15 is 0 Å². The van der Waals surface area contributed by atoms with Crippen LogP contribution < -0.4 is 9.64 Å². The summed E-state index contributed by atoms with van der Waals surface area (Å²) < 4.78 is 10.7. The highest BCUT2D eigenvalue weighted by molar-refractivity contribution is 5.89. The number of aryl methyl sites for hydroxylation is 1. The van der Waals surface area contributed by atoms with E-state index in [0.717, 1.165) is 18.7 Å². The first-order valence-electron chi connectivity index (χ1n) is 10.6. The van der Waals surface area contributed by atoms with Gasteiger partial charge >= 0.3 is 5.97 Å². The van der Waals surface area contributed by atoms with Gasteiger partial charge in [0.25, 0.3) is 5.91 Å². The molecule has 31 heavy (non-hydrogen) atoms. The van der Waals surface area contributed by atoms with Gasteiger partial charge in [0.1, 0.15) is 5.75 Å². The number of nitrogens with zero attached hydrogens (tertiary/aromatic N) is 2. The Kier molecular flexibility index (Phi) is 7.70. The van der Waals surface area contributed by atoms with Crippen LogP contribution in [0.3, 0.4) is 0 Å². The Labute approximate surface area is 184 Å². The smallest absolute Gasteiger partial charge is 0.331 e. The van der Waals surface area contributed by atoms with E-state index in [1.165, 1.54) is 22.9 Å². The summed E-state index contributed by atoms with van der Waals surface area (Å²) in [5.74, 6) is -0.0161. The molecular weight excluding hydrogens is 392 g/mol. The lowest BCUT2D eigenvalue weighted by Crippen LogP contribution is -2.50. The minimum Gasteiger partial charge on any atom is -0.493 e. The molecule has 1 aliphatic heterocycles. The number of hydrogen-bond acceptors (Lipinski definition) is 5. The van der Waals surface area contributed by atoms with E-state index in [9.17, 15) is 9.59 Å². The van der Waals surface area contributed by atoms with Crippen molar-refractivity contribution in [3.63, 3.8) is 0 Å². The van der Waals surface area contributed by atoms with Crippen molar-refractivity contribution in [2.45, 2.75) is 20.8 Å². The van der Waals surface area contributed by atoms with Gasteiger partial charge in [-0.15, -0.1) is 0 Å². The molecule has 0 unspecified atom stereocenters. The van der Waals surface area contributed by atoms with Crippen LogP contribution in [-0.2, 0) is 14.3 Å². The zero-order valence-electron chi connectivity index (χ0n) is 18.5. The highest BCUT2D eigenvalue weighted by atomic mass is 16.5. The highest BCUT2D eigenvalue weighted by Crippen LogP contribution is 2.24. The molecule has 0 atom stereocenters. The summed E-state index contributed by atoms with van der Waals surface area (Å²) in [6, 6.07) is 13.7. The van der Waals surface area contributed by atoms with Crippen LogP contribution in [0.5, 0.6) is 5.75 Å². The Bertz CT molecular complexity index is 946. The molecular formula is C25H30N2O4. The van der Waals surface area contributed by atoms with E-state index < -0.39 is 5.97 Å². The van der Waals surface area contributed by atoms with Crippen LogP contribution in [0.2, 0.25) is 0 Å². The monoisotopic (exact) mass is 422 g/mol. The van der Waals surface area contributed by atoms with E-state index in [4.69, 9.17) is 9.47 Å². The third-order valence-corrected chi connectivity index (χ3v) is 5.50. The molecule has 0 bridgehead atoms. The number of carbonyl (C=O) groups is 2. The van der Waals surface area contributed by atoms with E-state index in [0.29, 0.717) is 25.4 Å². The predicted molar refractivity (Wildman–Crippen MR) is 122 cm³/mol. The normalized spacial score (nSPS) is 14.0. The van der Waals surface area contributed by atoms with Crippen LogP contribution in [-0.4, -0.2) is 56.2 Å². The molecule has 1 heterocycles. The largest absolute Gasteiger partial charge is 0.493 e. The van der Waals surface area contributed by atoms with Gasteiger partial charge in [-0.25, -0.2) is 4.79 Å². The lowest BCUT2D eigenvalue weighted by Gasteiger charge is -2.37. The fraction of sp³-hybridized carbons (Fsp3) is 0.360. The van der Waals surface area contributed by atoms with Gasteiger partial charge in [0.15, 0.2) is 6.61 Å². The standard InChI is InChI=1S/C25H30N2O4/c1-4-30-23-11-6-5-9-21(23)12-13-25(29)31-18-24(28)27-16-14-26(15-17-27)22-10-7-8-19(2)20(22)3/h5-13H,4,14-18H2,1-3H3/b13-12+. The molecule has 0 spiro atoms. The Hall–Kier alpha value is -3.28. The van der Waals surface area contributed by atoms with E-state index in [2.05, 4.69) is 36.9 Å². The fourth-order valence-corrected chi connectivity index (χ4v) is 3.61. The summed E-state index contributed by atoms with van der Waals surface area (Å²) in [6.45, 7) is 9.18. The number of amides is 1. The van der Waals surface area contributed by atoms with Crippen molar-refractivity contribution in [2.24, 2.45) is 0 Å². The fourth-order valence-electron chi connectivity index (χ4n) is 3.61. The van der Waals surface area contributed by atoms with E-state index in [1.54, 1.807) is 11.0 Å². The van der Waals surface area contributed by atoms with Crippen LogP contribution in [0.1, 0.15) is 23.6 Å². The summed E-state index contributed by atoms with van der Waals surface area (Å²) in [5, 5.41) is 0. The van der Waals surface area contributed by atoms with Crippen molar-refractivity contribution < 1.29 is 19.1 Å². The molecule has 0 saturated carbocycles. The molecule has 0 aromatic heterocycles. The van der Waals surface area contributed by atoms with Crippen LogP contribution in [0, 0.1) is 13.8 Å². The topological polar surface area (TPSA) is 59.1 Å². The molecule has 1 saturated heterocycles. The number of carbonyl (C=O) groups excluding carboxylic acids is 2. The first-order valence-corrected chi connectivity index (χ1v) is 10.6. The maximum atomic E-state index is 12.5. The minimum atomic E-state index is -0.548. The number of rotatable bonds is 7. The zero-order valence-corrected chi connectivity index (χ0v) is 18.5. The number of anilines is 1. The van der Waals surface area contributed by atoms with Gasteiger partial charge in [0.05, 0.1) is 6.61 Å². The van der Waals surface area contributed by atoms with Crippen molar-refractivity contribution in [3.05, 3.63) is 65.2 Å². The molecule has 0 aliphatic carbocycles. The molecule has 6 nitrogen and oxygen atoms in total. The average Bonchev–Trinajstić information content (AvgIpc) is 2.79. The second kappa shape index (κ2) is 10.7. The zero-order chi connectivity index (χ0) is 22.2. The first kappa shape index (κ1) is 22.4. The highest BCUT2D eigenvalue weighted by Gasteiger charge is 2.23. The number of piperazine rings is 1. The second-order valence-corrected chi connectivity index (χ2v) is 7.50. The Balaban J connectivity index is 1.47. The number of hydrogen-bond donors (Lipinski definition) is 0. The number of ether oxygens (including phenoxy) is 2. The van der Waals surface area contributed by atoms with Crippen molar-refractivity contribution in [1.29, 1.82) is 0 Å². The molecule has 0 radical (unpaired) electrons. The SMILES string of the molecule is CCOc1ccccc1/C=C/C(=O)OCC(=O)N1CCN(c2cccc(C)c2C)CC1. The maximum Gasteiger partial charge on any atom is 0.331 e. The Morgan fingerprint density at radius 3 is 2.48 bits per heavy atom. The van der Waals surface area contributed by atoms with Crippen LogP contribution in [0.15, 0.2) is 48.5 Å². The van der Waals surface area contributed by atoms with E-state index in [1.807, 2.05) is 31.2 Å². The van der Waals surface area contributed by atoms with Crippen molar-refractivity contribution >= 4 is 23.6 Å². The lowest BCUT2D eigenvalue weighted by atomic mass is 10.1. The van der Waals surface area contributed by atoms with Gasteiger partial charge in [0, 0.05) is 43.5 Å².